The molecule has 0 aliphatic carbocycles. The van der Waals surface area contributed by atoms with E-state index in [1.54, 1.807) is 18.2 Å². The molecule has 11 heteroatoms. The topological polar surface area (TPSA) is 76.9 Å². The minimum atomic E-state index is -4.92. The van der Waals surface area contributed by atoms with Crippen molar-refractivity contribution in [2.75, 3.05) is 4.72 Å². The van der Waals surface area contributed by atoms with Crippen molar-refractivity contribution in [3.05, 3.63) is 66.2 Å². The highest BCUT2D eigenvalue weighted by atomic mass is 32.2. The molecule has 0 unspecified atom stereocenters. The predicted octanol–water partition coefficient (Wildman–Crippen LogP) is 3.23. The number of nitrogens with zero attached hydrogens (tertiary/aromatic N) is 3. The van der Waals surface area contributed by atoms with Gasteiger partial charge in [0.15, 0.2) is 5.82 Å². The quantitative estimate of drug-likeness (QED) is 0.699. The third kappa shape index (κ3) is 3.52. The van der Waals surface area contributed by atoms with Crippen LogP contribution in [0.1, 0.15) is 5.56 Å². The average Bonchev–Trinajstić information content (AvgIpc) is 3.01. The fourth-order valence-electron chi connectivity index (χ4n) is 2.13. The van der Waals surface area contributed by atoms with Crippen LogP contribution in [0.2, 0.25) is 0 Å². The molecular formula is C15H10F4N4O2S. The zero-order valence-corrected chi connectivity index (χ0v) is 13.6. The minimum Gasteiger partial charge on any atom is -0.263 e. The number of aromatic nitrogens is 3. The molecule has 3 rings (SSSR count). The Morgan fingerprint density at radius 2 is 1.81 bits per heavy atom. The summed E-state index contributed by atoms with van der Waals surface area (Å²) in [6.45, 7) is 0. The van der Waals surface area contributed by atoms with E-state index in [0.717, 1.165) is 0 Å². The second-order valence-corrected chi connectivity index (χ2v) is 6.74. The van der Waals surface area contributed by atoms with Gasteiger partial charge in [0.1, 0.15) is 11.6 Å². The highest BCUT2D eigenvalue weighted by molar-refractivity contribution is 7.92. The SMILES string of the molecule is O=S(=O)(Nc1ccnn1-c1ccccn1)c1ccc(C(F)(F)F)c(F)c1. The van der Waals surface area contributed by atoms with Gasteiger partial charge in [0, 0.05) is 12.3 Å². The smallest absolute Gasteiger partial charge is 0.263 e. The van der Waals surface area contributed by atoms with Crippen molar-refractivity contribution in [2.45, 2.75) is 11.1 Å². The fraction of sp³-hybridized carbons (Fsp3) is 0.0667. The summed E-state index contributed by atoms with van der Waals surface area (Å²) in [4.78, 5) is 3.36. The van der Waals surface area contributed by atoms with Gasteiger partial charge < -0.3 is 0 Å². The van der Waals surface area contributed by atoms with E-state index in [2.05, 4.69) is 14.8 Å². The van der Waals surface area contributed by atoms with Crippen LogP contribution < -0.4 is 4.72 Å². The molecule has 1 N–H and O–H groups in total. The van der Waals surface area contributed by atoms with Gasteiger partial charge in [0.2, 0.25) is 0 Å². The van der Waals surface area contributed by atoms with Gasteiger partial charge >= 0.3 is 6.18 Å². The number of sulfonamides is 1. The lowest BCUT2D eigenvalue weighted by Gasteiger charge is -2.12. The van der Waals surface area contributed by atoms with E-state index in [4.69, 9.17) is 0 Å². The third-order valence-electron chi connectivity index (χ3n) is 3.30. The van der Waals surface area contributed by atoms with E-state index in [0.29, 0.717) is 24.0 Å². The zero-order valence-electron chi connectivity index (χ0n) is 12.8. The van der Waals surface area contributed by atoms with Crippen LogP contribution in [0.25, 0.3) is 5.82 Å². The van der Waals surface area contributed by atoms with Crippen molar-refractivity contribution in [3.8, 4) is 5.82 Å². The molecular weight excluding hydrogens is 376 g/mol. The first-order chi connectivity index (χ1) is 12.2. The monoisotopic (exact) mass is 386 g/mol. The molecule has 0 saturated heterocycles. The molecule has 0 saturated carbocycles. The molecule has 26 heavy (non-hydrogen) atoms. The summed E-state index contributed by atoms with van der Waals surface area (Å²) < 4.78 is 79.5. The van der Waals surface area contributed by atoms with Gasteiger partial charge in [-0.25, -0.2) is 17.8 Å². The molecule has 2 aromatic heterocycles. The van der Waals surface area contributed by atoms with Crippen LogP contribution in [0, 0.1) is 5.82 Å². The van der Waals surface area contributed by atoms with Crippen molar-refractivity contribution < 1.29 is 26.0 Å². The number of anilines is 1. The molecule has 0 aliphatic rings. The molecule has 0 bridgehead atoms. The van der Waals surface area contributed by atoms with Crippen LogP contribution in [0.15, 0.2) is 59.8 Å². The number of rotatable bonds is 4. The molecule has 0 aliphatic heterocycles. The number of benzene rings is 1. The zero-order chi connectivity index (χ0) is 18.9. The van der Waals surface area contributed by atoms with Crippen LogP contribution in [0.5, 0.6) is 0 Å². The molecule has 2 heterocycles. The Bertz CT molecular complexity index is 1030. The van der Waals surface area contributed by atoms with E-state index in [1.165, 1.54) is 23.1 Å². The maximum absolute atomic E-state index is 13.7. The van der Waals surface area contributed by atoms with Crippen molar-refractivity contribution in [1.29, 1.82) is 0 Å². The molecule has 0 spiro atoms. The Morgan fingerprint density at radius 1 is 1.04 bits per heavy atom. The van der Waals surface area contributed by atoms with Crippen LogP contribution in [-0.4, -0.2) is 23.2 Å². The van der Waals surface area contributed by atoms with E-state index < -0.39 is 32.5 Å². The van der Waals surface area contributed by atoms with Crippen molar-refractivity contribution in [2.24, 2.45) is 0 Å². The Balaban J connectivity index is 1.94. The van der Waals surface area contributed by atoms with Gasteiger partial charge in [0.05, 0.1) is 16.7 Å². The number of halogens is 4. The normalized spacial score (nSPS) is 12.2. The third-order valence-corrected chi connectivity index (χ3v) is 4.66. The van der Waals surface area contributed by atoms with Crippen LogP contribution in [0.4, 0.5) is 23.4 Å². The van der Waals surface area contributed by atoms with Gasteiger partial charge in [-0.3, -0.25) is 4.72 Å². The lowest BCUT2D eigenvalue weighted by molar-refractivity contribution is -0.140. The lowest BCUT2D eigenvalue weighted by Crippen LogP contribution is -2.17. The van der Waals surface area contributed by atoms with E-state index in [9.17, 15) is 26.0 Å². The summed E-state index contributed by atoms with van der Waals surface area (Å²) in [6, 6.07) is 7.58. The highest BCUT2D eigenvalue weighted by Crippen LogP contribution is 2.32. The van der Waals surface area contributed by atoms with E-state index in [-0.39, 0.29) is 5.82 Å². The summed E-state index contributed by atoms with van der Waals surface area (Å²) >= 11 is 0. The number of hydrogen-bond donors (Lipinski definition) is 1. The first kappa shape index (κ1) is 17.9. The molecule has 1 aromatic carbocycles. The van der Waals surface area contributed by atoms with Crippen LogP contribution >= 0.6 is 0 Å². The summed E-state index contributed by atoms with van der Waals surface area (Å²) in [5.41, 5.74) is -1.55. The molecule has 6 nitrogen and oxygen atoms in total. The van der Waals surface area contributed by atoms with Gasteiger partial charge in [-0.05, 0) is 30.3 Å². The molecule has 0 amide bonds. The highest BCUT2D eigenvalue weighted by Gasteiger charge is 2.34. The largest absolute Gasteiger partial charge is 0.419 e. The van der Waals surface area contributed by atoms with Crippen molar-refractivity contribution in [3.63, 3.8) is 0 Å². The molecule has 0 atom stereocenters. The second-order valence-electron chi connectivity index (χ2n) is 5.06. The van der Waals surface area contributed by atoms with E-state index >= 15 is 0 Å². The van der Waals surface area contributed by atoms with Crippen molar-refractivity contribution in [1.82, 2.24) is 14.8 Å². The van der Waals surface area contributed by atoms with Gasteiger partial charge in [-0.1, -0.05) is 6.07 Å². The summed E-state index contributed by atoms with van der Waals surface area (Å²) in [5, 5.41) is 3.93. The summed E-state index contributed by atoms with van der Waals surface area (Å²) in [6.07, 6.45) is -2.14. The Hall–Kier alpha value is -2.95. The lowest BCUT2D eigenvalue weighted by atomic mass is 10.2. The minimum absolute atomic E-state index is 0.0102. The van der Waals surface area contributed by atoms with Gasteiger partial charge in [-0.15, -0.1) is 0 Å². The fourth-order valence-corrected chi connectivity index (χ4v) is 3.19. The Morgan fingerprint density at radius 3 is 2.42 bits per heavy atom. The van der Waals surface area contributed by atoms with Crippen LogP contribution in [0.3, 0.4) is 0 Å². The Kier molecular flexibility index (Phi) is 4.40. The number of alkyl halides is 3. The predicted molar refractivity (Wildman–Crippen MR) is 83.6 cm³/mol. The summed E-state index contributed by atoms with van der Waals surface area (Å²) in [5.74, 6) is -1.38. The van der Waals surface area contributed by atoms with Crippen LogP contribution in [-0.2, 0) is 16.2 Å². The second kappa shape index (κ2) is 6.41. The maximum Gasteiger partial charge on any atom is 0.419 e. The molecule has 0 fully saturated rings. The number of nitrogens with one attached hydrogen (secondary N) is 1. The number of hydrogen-bond acceptors (Lipinski definition) is 4. The maximum atomic E-state index is 13.7. The molecule has 0 radical (unpaired) electrons. The standard InChI is InChI=1S/C15H10F4N4O2S/c16-12-9-10(4-5-11(12)15(17,18)19)26(24,25)22-14-6-8-21-23(14)13-3-1-2-7-20-13/h1-9,22H. The van der Waals surface area contributed by atoms with Crippen molar-refractivity contribution >= 4 is 15.8 Å². The van der Waals surface area contributed by atoms with E-state index in [1.807, 2.05) is 0 Å². The molecule has 136 valence electrons. The van der Waals surface area contributed by atoms with Gasteiger partial charge in [-0.2, -0.15) is 23.0 Å². The van der Waals surface area contributed by atoms with Gasteiger partial charge in [0.25, 0.3) is 10.0 Å². The first-order valence-electron chi connectivity index (χ1n) is 7.03. The Labute approximate surface area is 145 Å². The molecule has 3 aromatic rings. The first-order valence-corrected chi connectivity index (χ1v) is 8.52. The average molecular weight is 386 g/mol. The number of pyridine rings is 1. The summed E-state index contributed by atoms with van der Waals surface area (Å²) in [7, 11) is -4.34.